The van der Waals surface area contributed by atoms with Gasteiger partial charge in [0.05, 0.1) is 22.8 Å². The molecule has 34 heavy (non-hydrogen) atoms. The van der Waals surface area contributed by atoms with E-state index in [1.54, 1.807) is 23.9 Å². The Morgan fingerprint density at radius 3 is 2.44 bits per heavy atom. The third kappa shape index (κ3) is 4.83. The number of fused-ring (bicyclic) bond motifs is 2. The molecule has 9 nitrogen and oxygen atoms in total. The van der Waals surface area contributed by atoms with Gasteiger partial charge in [0, 0.05) is 17.1 Å². The fourth-order valence-electron chi connectivity index (χ4n) is 3.75. The van der Waals surface area contributed by atoms with Crippen molar-refractivity contribution in [1.82, 2.24) is 25.4 Å². The van der Waals surface area contributed by atoms with Crippen LogP contribution in [-0.2, 0) is 4.79 Å². The number of carbonyl (C=O) groups excluding carboxylic acids is 2. The normalized spacial score (nSPS) is 14.2. The number of hydrogen-bond donors (Lipinski definition) is 2. The maximum atomic E-state index is 13.3. The topological polar surface area (TPSA) is 107 Å². The van der Waals surface area contributed by atoms with Crippen LogP contribution in [0.3, 0.4) is 0 Å². The van der Waals surface area contributed by atoms with Gasteiger partial charge in [0.15, 0.2) is 17.1 Å². The number of carbonyl (C=O) groups is 2. The van der Waals surface area contributed by atoms with E-state index < -0.39 is 11.6 Å². The SMILES string of the molecule is CC(NC(=O)c1cc(-c2ccc3c(c2)OCCO3)nc2c1cnn2C(C)C)C(=O)NC(C)(C)C. The van der Waals surface area contributed by atoms with E-state index in [1.165, 1.54) is 0 Å². The summed E-state index contributed by atoms with van der Waals surface area (Å²) in [6.45, 7) is 12.3. The van der Waals surface area contributed by atoms with Crippen molar-refractivity contribution in [2.75, 3.05) is 13.2 Å². The second kappa shape index (κ2) is 8.96. The molecule has 0 saturated heterocycles. The van der Waals surface area contributed by atoms with Gasteiger partial charge in [0.25, 0.3) is 5.91 Å². The minimum Gasteiger partial charge on any atom is -0.486 e. The lowest BCUT2D eigenvalue weighted by Crippen LogP contribution is -2.50. The molecular formula is C25H31N5O4. The molecule has 2 N–H and O–H groups in total. The predicted octanol–water partition coefficient (Wildman–Crippen LogP) is 3.48. The van der Waals surface area contributed by atoms with Crippen molar-refractivity contribution >= 4 is 22.8 Å². The number of ether oxygens (including phenoxy) is 2. The fraction of sp³-hybridized carbons (Fsp3) is 0.440. The summed E-state index contributed by atoms with van der Waals surface area (Å²) in [6, 6.07) is 6.65. The van der Waals surface area contributed by atoms with E-state index in [9.17, 15) is 9.59 Å². The van der Waals surface area contributed by atoms with Crippen molar-refractivity contribution in [1.29, 1.82) is 0 Å². The molecule has 1 unspecified atom stereocenters. The highest BCUT2D eigenvalue weighted by atomic mass is 16.6. The van der Waals surface area contributed by atoms with Gasteiger partial charge in [-0.2, -0.15) is 5.10 Å². The van der Waals surface area contributed by atoms with Crippen LogP contribution in [0.25, 0.3) is 22.3 Å². The summed E-state index contributed by atoms with van der Waals surface area (Å²) >= 11 is 0. The van der Waals surface area contributed by atoms with Crippen molar-refractivity contribution in [3.8, 4) is 22.8 Å². The van der Waals surface area contributed by atoms with Crippen LogP contribution in [0.15, 0.2) is 30.5 Å². The fourth-order valence-corrected chi connectivity index (χ4v) is 3.75. The lowest BCUT2D eigenvalue weighted by atomic mass is 10.0. The first-order chi connectivity index (χ1) is 16.0. The first-order valence-electron chi connectivity index (χ1n) is 11.4. The molecule has 1 atom stereocenters. The summed E-state index contributed by atoms with van der Waals surface area (Å²) in [4.78, 5) is 30.7. The Kier molecular flexibility index (Phi) is 6.20. The largest absolute Gasteiger partial charge is 0.486 e. The van der Waals surface area contributed by atoms with Gasteiger partial charge in [-0.05, 0) is 65.8 Å². The minimum atomic E-state index is -0.715. The molecule has 180 valence electrons. The van der Waals surface area contributed by atoms with Crippen molar-refractivity contribution < 1.29 is 19.1 Å². The number of rotatable bonds is 5. The molecule has 1 aromatic carbocycles. The Balaban J connectivity index is 1.74. The molecule has 4 rings (SSSR count). The van der Waals surface area contributed by atoms with Crippen LogP contribution in [0.1, 0.15) is 57.9 Å². The number of nitrogens with one attached hydrogen (secondary N) is 2. The second-order valence-corrected chi connectivity index (χ2v) is 9.77. The van der Waals surface area contributed by atoms with Crippen LogP contribution in [0.2, 0.25) is 0 Å². The van der Waals surface area contributed by atoms with Crippen molar-refractivity contribution in [2.45, 2.75) is 59.2 Å². The van der Waals surface area contributed by atoms with Gasteiger partial charge in [0.1, 0.15) is 19.3 Å². The molecule has 9 heteroatoms. The highest BCUT2D eigenvalue weighted by Gasteiger charge is 2.24. The third-order valence-corrected chi connectivity index (χ3v) is 5.38. The highest BCUT2D eigenvalue weighted by molar-refractivity contribution is 6.07. The number of benzene rings is 1. The van der Waals surface area contributed by atoms with Crippen molar-refractivity contribution in [2.24, 2.45) is 0 Å². The molecule has 2 amide bonds. The van der Waals surface area contributed by atoms with E-state index in [4.69, 9.17) is 14.5 Å². The zero-order chi connectivity index (χ0) is 24.6. The third-order valence-electron chi connectivity index (χ3n) is 5.38. The van der Waals surface area contributed by atoms with Gasteiger partial charge in [-0.15, -0.1) is 0 Å². The molecule has 0 aliphatic carbocycles. The summed E-state index contributed by atoms with van der Waals surface area (Å²) in [5, 5.41) is 10.8. The van der Waals surface area contributed by atoms with Crippen LogP contribution in [0.4, 0.5) is 0 Å². The molecule has 1 aliphatic heterocycles. The highest BCUT2D eigenvalue weighted by Crippen LogP contribution is 2.35. The molecule has 0 bridgehead atoms. The van der Waals surface area contributed by atoms with E-state index in [-0.39, 0.29) is 17.9 Å². The summed E-state index contributed by atoms with van der Waals surface area (Å²) in [5.74, 6) is 0.698. The molecule has 0 radical (unpaired) electrons. The van der Waals surface area contributed by atoms with Crippen molar-refractivity contribution in [3.05, 3.63) is 36.0 Å². The Morgan fingerprint density at radius 1 is 1.06 bits per heavy atom. The van der Waals surface area contributed by atoms with Crippen LogP contribution in [-0.4, -0.2) is 51.4 Å². The summed E-state index contributed by atoms with van der Waals surface area (Å²) in [7, 11) is 0. The van der Waals surface area contributed by atoms with Crippen LogP contribution < -0.4 is 20.1 Å². The average molecular weight is 466 g/mol. The van der Waals surface area contributed by atoms with Gasteiger partial charge >= 0.3 is 0 Å². The molecule has 1 aliphatic rings. The lowest BCUT2D eigenvalue weighted by Gasteiger charge is -2.23. The van der Waals surface area contributed by atoms with Crippen molar-refractivity contribution in [3.63, 3.8) is 0 Å². The van der Waals surface area contributed by atoms with E-state index >= 15 is 0 Å². The summed E-state index contributed by atoms with van der Waals surface area (Å²) in [6.07, 6.45) is 1.64. The maximum Gasteiger partial charge on any atom is 0.252 e. The molecule has 2 aromatic heterocycles. The zero-order valence-corrected chi connectivity index (χ0v) is 20.4. The zero-order valence-electron chi connectivity index (χ0n) is 20.4. The molecule has 0 saturated carbocycles. The predicted molar refractivity (Wildman–Crippen MR) is 129 cm³/mol. The number of nitrogens with zero attached hydrogens (tertiary/aromatic N) is 3. The molecule has 3 heterocycles. The molecule has 0 spiro atoms. The van der Waals surface area contributed by atoms with Crippen LogP contribution in [0.5, 0.6) is 11.5 Å². The van der Waals surface area contributed by atoms with Gasteiger partial charge in [0.2, 0.25) is 5.91 Å². The monoisotopic (exact) mass is 465 g/mol. The summed E-state index contributed by atoms with van der Waals surface area (Å²) < 4.78 is 13.1. The smallest absolute Gasteiger partial charge is 0.252 e. The lowest BCUT2D eigenvalue weighted by molar-refractivity contribution is -0.124. The van der Waals surface area contributed by atoms with E-state index in [0.29, 0.717) is 47.0 Å². The van der Waals surface area contributed by atoms with Gasteiger partial charge < -0.3 is 20.1 Å². The first-order valence-corrected chi connectivity index (χ1v) is 11.4. The van der Waals surface area contributed by atoms with Crippen LogP contribution >= 0.6 is 0 Å². The average Bonchev–Trinajstić information content (AvgIpc) is 3.21. The standard InChI is InChI=1S/C25H31N5O4/c1-14(2)30-22-18(13-26-30)17(24(32)27-15(3)23(31)29-25(4,5)6)12-19(28-22)16-7-8-20-21(11-16)34-10-9-33-20/h7-8,11-15H,9-10H2,1-6H3,(H,27,32)(H,29,31). The Labute approximate surface area is 198 Å². The number of pyridine rings is 1. The molecule has 0 fully saturated rings. The van der Waals surface area contributed by atoms with Crippen LogP contribution in [0, 0.1) is 0 Å². The van der Waals surface area contributed by atoms with Gasteiger partial charge in [-0.1, -0.05) is 0 Å². The van der Waals surface area contributed by atoms with E-state index in [2.05, 4.69) is 15.7 Å². The Hall–Kier alpha value is -3.62. The molecular weight excluding hydrogens is 434 g/mol. The van der Waals surface area contributed by atoms with Gasteiger partial charge in [-0.25, -0.2) is 9.67 Å². The number of aromatic nitrogens is 3. The summed E-state index contributed by atoms with van der Waals surface area (Å²) in [5.41, 5.74) is 1.99. The quantitative estimate of drug-likeness (QED) is 0.597. The van der Waals surface area contributed by atoms with E-state index in [1.807, 2.05) is 52.8 Å². The second-order valence-electron chi connectivity index (χ2n) is 9.77. The minimum absolute atomic E-state index is 0.0490. The van der Waals surface area contributed by atoms with E-state index in [0.717, 1.165) is 5.56 Å². The maximum absolute atomic E-state index is 13.3. The molecule has 3 aromatic rings. The number of amides is 2. The Bertz CT molecular complexity index is 1240. The van der Waals surface area contributed by atoms with Gasteiger partial charge in [-0.3, -0.25) is 9.59 Å². The first kappa shape index (κ1) is 23.5. The number of hydrogen-bond acceptors (Lipinski definition) is 6. The Morgan fingerprint density at radius 2 is 1.76 bits per heavy atom.